The molecule has 2 aromatic carbocycles. The van der Waals surface area contributed by atoms with E-state index in [4.69, 9.17) is 17.3 Å². The van der Waals surface area contributed by atoms with E-state index in [1.54, 1.807) is 10.7 Å². The Hall–Kier alpha value is -3.97. The zero-order chi connectivity index (χ0) is 22.9. The fraction of sp³-hybridized carbons (Fsp3) is 0.120. The highest BCUT2D eigenvalue weighted by atomic mass is 35.5. The normalized spacial score (nSPS) is 11.2. The van der Waals surface area contributed by atoms with Gasteiger partial charge >= 0.3 is 11.6 Å². The Bertz CT molecular complexity index is 1490. The van der Waals surface area contributed by atoms with Crippen molar-refractivity contribution in [1.82, 2.24) is 19.7 Å². The van der Waals surface area contributed by atoms with Crippen molar-refractivity contribution in [2.75, 3.05) is 5.73 Å². The fourth-order valence-electron chi connectivity index (χ4n) is 4.04. The molecule has 0 radical (unpaired) electrons. The van der Waals surface area contributed by atoms with E-state index in [0.29, 0.717) is 29.5 Å². The summed E-state index contributed by atoms with van der Waals surface area (Å²) < 4.78 is 2.98. The summed E-state index contributed by atoms with van der Waals surface area (Å²) in [5, 5.41) is 3.64. The van der Waals surface area contributed by atoms with Crippen molar-refractivity contribution in [1.29, 1.82) is 0 Å². The predicted octanol–water partition coefficient (Wildman–Crippen LogP) is 3.83. The van der Waals surface area contributed by atoms with Crippen molar-refractivity contribution >= 4 is 23.2 Å². The van der Waals surface area contributed by atoms with Crippen LogP contribution in [-0.2, 0) is 13.0 Å². The van der Waals surface area contributed by atoms with Gasteiger partial charge in [0.2, 0.25) is 5.65 Å². The molecule has 0 aliphatic heterocycles. The molecule has 0 spiro atoms. The predicted molar refractivity (Wildman–Crippen MR) is 129 cm³/mol. The lowest BCUT2D eigenvalue weighted by atomic mass is 10.0. The largest absolute Gasteiger partial charge is 0.428 e. The second-order valence-electron chi connectivity index (χ2n) is 7.85. The first-order valence-corrected chi connectivity index (χ1v) is 11.0. The molecule has 0 aliphatic carbocycles. The van der Waals surface area contributed by atoms with E-state index in [9.17, 15) is 4.79 Å². The highest BCUT2D eigenvalue weighted by Gasteiger charge is 2.26. The number of nitrogen functional groups attached to an aromatic ring is 1. The van der Waals surface area contributed by atoms with Crippen molar-refractivity contribution in [3.8, 4) is 22.4 Å². The number of nitrogens with zero attached hydrogens (tertiary/aromatic N) is 4. The zero-order valence-corrected chi connectivity index (χ0v) is 18.8. The van der Waals surface area contributed by atoms with E-state index in [2.05, 4.69) is 15.1 Å². The van der Waals surface area contributed by atoms with Crippen molar-refractivity contribution in [2.45, 2.75) is 19.9 Å². The molecule has 3 N–H and O–H groups in total. The number of fused-ring (bicyclic) bond motifs is 1. The Morgan fingerprint density at radius 2 is 1.70 bits per heavy atom. The zero-order valence-electron chi connectivity index (χ0n) is 18.0. The second kappa shape index (κ2) is 8.52. The molecular formula is C25H22ClN6O+. The number of anilines is 1. The van der Waals surface area contributed by atoms with Crippen LogP contribution in [0.3, 0.4) is 0 Å². The van der Waals surface area contributed by atoms with Gasteiger partial charge in [-0.05, 0) is 30.2 Å². The number of H-pyrrole nitrogens is 1. The molecule has 0 atom stereocenters. The van der Waals surface area contributed by atoms with Gasteiger partial charge in [0, 0.05) is 17.7 Å². The van der Waals surface area contributed by atoms with E-state index in [0.717, 1.165) is 27.9 Å². The van der Waals surface area contributed by atoms with Gasteiger partial charge in [0.15, 0.2) is 0 Å². The number of hydrogen-bond donors (Lipinski definition) is 2. The lowest BCUT2D eigenvalue weighted by molar-refractivity contribution is -0.516. The molecule has 0 bridgehead atoms. The van der Waals surface area contributed by atoms with E-state index in [1.165, 1.54) is 4.40 Å². The number of nitrogens with two attached hydrogens (primary N) is 1. The van der Waals surface area contributed by atoms with Crippen LogP contribution in [0.15, 0.2) is 77.6 Å². The fourth-order valence-corrected chi connectivity index (χ4v) is 4.29. The molecule has 3 aromatic heterocycles. The second-order valence-corrected chi connectivity index (χ2v) is 8.23. The standard InChI is InChI=1S/C25H21ClN6O/c1-16-14-19(15-20(26)28-16)21-22(18-10-6-3-7-11-18)29-24(27)32-23(21)30-31(25(32)33)13-12-17-8-4-2-5-9-17/h2-11,14-15H,12-13H2,1H3,(H2,27,28,29,30)/p+1. The third-order valence-corrected chi connectivity index (χ3v) is 5.73. The average Bonchev–Trinajstić information content (AvgIpc) is 3.14. The number of halogens is 1. The summed E-state index contributed by atoms with van der Waals surface area (Å²) in [4.78, 5) is 22.2. The number of aromatic amines is 1. The van der Waals surface area contributed by atoms with Crippen LogP contribution in [0.1, 0.15) is 11.3 Å². The van der Waals surface area contributed by atoms with Gasteiger partial charge in [0.25, 0.3) is 0 Å². The first-order chi connectivity index (χ1) is 16.0. The SMILES string of the molecule is Cc1cc(-c2c(-c3ccccc3)nc(N)[n+]3c(=O)n(CCc4ccccc4)[nH]c23)cc(Cl)n1. The molecule has 164 valence electrons. The molecule has 0 unspecified atom stereocenters. The summed E-state index contributed by atoms with van der Waals surface area (Å²) in [6.45, 7) is 2.35. The van der Waals surface area contributed by atoms with Crippen molar-refractivity contribution in [3.63, 3.8) is 0 Å². The maximum atomic E-state index is 13.3. The van der Waals surface area contributed by atoms with E-state index >= 15 is 0 Å². The number of nitrogens with one attached hydrogen (secondary N) is 1. The summed E-state index contributed by atoms with van der Waals surface area (Å²) in [7, 11) is 0. The molecule has 7 nitrogen and oxygen atoms in total. The molecule has 0 saturated carbocycles. The van der Waals surface area contributed by atoms with E-state index in [1.807, 2.05) is 73.7 Å². The van der Waals surface area contributed by atoms with Crippen LogP contribution < -0.4 is 15.8 Å². The first-order valence-electron chi connectivity index (χ1n) is 10.6. The Morgan fingerprint density at radius 3 is 2.39 bits per heavy atom. The maximum Gasteiger partial charge on any atom is 0.428 e. The summed E-state index contributed by atoms with van der Waals surface area (Å²) >= 11 is 6.29. The van der Waals surface area contributed by atoms with Gasteiger partial charge in [0.05, 0.1) is 12.1 Å². The topological polar surface area (TPSA) is 93.7 Å². The Balaban J connectivity index is 1.75. The molecule has 33 heavy (non-hydrogen) atoms. The third-order valence-electron chi connectivity index (χ3n) is 5.54. The van der Waals surface area contributed by atoms with Gasteiger partial charge in [-0.25, -0.2) is 14.9 Å². The molecule has 0 aliphatic rings. The van der Waals surface area contributed by atoms with Gasteiger partial charge in [-0.2, -0.15) is 4.68 Å². The van der Waals surface area contributed by atoms with Crippen molar-refractivity contribution in [2.24, 2.45) is 0 Å². The van der Waals surface area contributed by atoms with Crippen LogP contribution in [0.5, 0.6) is 0 Å². The van der Waals surface area contributed by atoms with Gasteiger partial charge in [-0.1, -0.05) is 72.3 Å². The molecule has 0 amide bonds. The molecule has 5 rings (SSSR count). The van der Waals surface area contributed by atoms with Crippen molar-refractivity contribution < 1.29 is 4.40 Å². The number of aromatic nitrogens is 5. The molecule has 0 fully saturated rings. The van der Waals surface area contributed by atoms with Gasteiger partial charge < -0.3 is 5.73 Å². The van der Waals surface area contributed by atoms with Crippen LogP contribution in [0.25, 0.3) is 28.0 Å². The number of hydrogen-bond acceptors (Lipinski definition) is 4. The summed E-state index contributed by atoms with van der Waals surface area (Å²) in [6, 6.07) is 23.5. The molecule has 8 heteroatoms. The Kier molecular flexibility index (Phi) is 5.40. The number of aryl methyl sites for hydroxylation is 3. The lowest BCUT2D eigenvalue weighted by Gasteiger charge is -2.09. The van der Waals surface area contributed by atoms with E-state index < -0.39 is 0 Å². The quantitative estimate of drug-likeness (QED) is 0.310. The summed E-state index contributed by atoms with van der Waals surface area (Å²) in [6.07, 6.45) is 0.697. The smallest absolute Gasteiger partial charge is 0.319 e. The summed E-state index contributed by atoms with van der Waals surface area (Å²) in [5.41, 5.74) is 11.6. The minimum Gasteiger partial charge on any atom is -0.319 e. The number of rotatable bonds is 5. The maximum absolute atomic E-state index is 13.3. The first kappa shape index (κ1) is 20.9. The number of benzene rings is 2. The highest BCUT2D eigenvalue weighted by molar-refractivity contribution is 6.29. The molecule has 5 aromatic rings. The monoisotopic (exact) mass is 457 g/mol. The third kappa shape index (κ3) is 3.99. The molecule has 0 saturated heterocycles. The van der Waals surface area contributed by atoms with Crippen LogP contribution >= 0.6 is 11.6 Å². The Labute approximate surface area is 195 Å². The molecular weight excluding hydrogens is 436 g/mol. The number of pyridine rings is 1. The van der Waals surface area contributed by atoms with E-state index in [-0.39, 0.29) is 11.6 Å². The van der Waals surface area contributed by atoms with Gasteiger partial charge in [-0.15, -0.1) is 9.38 Å². The molecule has 3 heterocycles. The average molecular weight is 458 g/mol. The van der Waals surface area contributed by atoms with Crippen LogP contribution in [0, 0.1) is 6.92 Å². The van der Waals surface area contributed by atoms with Crippen LogP contribution in [0.2, 0.25) is 5.15 Å². The highest BCUT2D eigenvalue weighted by Crippen LogP contribution is 2.33. The van der Waals surface area contributed by atoms with Crippen LogP contribution in [0.4, 0.5) is 5.95 Å². The minimum atomic E-state index is -0.274. The Morgan fingerprint density at radius 1 is 1.00 bits per heavy atom. The minimum absolute atomic E-state index is 0.115. The summed E-state index contributed by atoms with van der Waals surface area (Å²) in [5.74, 6) is 0.115. The van der Waals surface area contributed by atoms with Gasteiger partial charge in [0.1, 0.15) is 10.8 Å². The lowest BCUT2D eigenvalue weighted by Crippen LogP contribution is -2.44. The van der Waals surface area contributed by atoms with Gasteiger partial charge in [-0.3, -0.25) is 0 Å². The van der Waals surface area contributed by atoms with Crippen molar-refractivity contribution in [3.05, 3.63) is 99.7 Å². The van der Waals surface area contributed by atoms with Crippen LogP contribution in [-0.4, -0.2) is 19.7 Å².